The molecule has 2 amide bonds. The minimum absolute atomic E-state index is 0.00557. The lowest BCUT2D eigenvalue weighted by Gasteiger charge is -2.38. The van der Waals surface area contributed by atoms with Crippen LogP contribution in [0, 0.1) is 5.92 Å². The first-order chi connectivity index (χ1) is 16.2. The Labute approximate surface area is 211 Å². The summed E-state index contributed by atoms with van der Waals surface area (Å²) in [7, 11) is 0.763. The highest BCUT2D eigenvalue weighted by molar-refractivity contribution is 6.74. The van der Waals surface area contributed by atoms with E-state index in [1.807, 2.05) is 44.2 Å². The molecular formula is C26H42N2O6Si. The Morgan fingerprint density at radius 2 is 1.74 bits per heavy atom. The molecule has 3 atom stereocenters. The average molecular weight is 507 g/mol. The first-order valence-corrected chi connectivity index (χ1v) is 15.1. The third-order valence-corrected chi connectivity index (χ3v) is 11.6. The third-order valence-electron chi connectivity index (χ3n) is 7.08. The van der Waals surface area contributed by atoms with Crippen molar-refractivity contribution in [3.05, 3.63) is 35.9 Å². The first kappa shape index (κ1) is 28.8. The van der Waals surface area contributed by atoms with Gasteiger partial charge in [-0.3, -0.25) is 9.69 Å². The van der Waals surface area contributed by atoms with Gasteiger partial charge in [-0.05, 0) is 29.6 Å². The number of hydrogen-bond acceptors (Lipinski definition) is 6. The highest BCUT2D eigenvalue weighted by atomic mass is 28.4. The third kappa shape index (κ3) is 7.07. The van der Waals surface area contributed by atoms with Gasteiger partial charge in [0.2, 0.25) is 5.91 Å². The van der Waals surface area contributed by atoms with Gasteiger partial charge in [0.15, 0.2) is 8.32 Å². The van der Waals surface area contributed by atoms with Crippen LogP contribution in [0.3, 0.4) is 0 Å². The Kier molecular flexibility index (Phi) is 9.53. The van der Waals surface area contributed by atoms with E-state index in [9.17, 15) is 14.4 Å². The van der Waals surface area contributed by atoms with E-state index in [4.69, 9.17) is 13.9 Å². The van der Waals surface area contributed by atoms with Gasteiger partial charge in [-0.1, -0.05) is 65.0 Å². The predicted octanol–water partition coefficient (Wildman–Crippen LogP) is 4.44. The van der Waals surface area contributed by atoms with Gasteiger partial charge in [0.05, 0.1) is 13.2 Å². The van der Waals surface area contributed by atoms with Crippen LogP contribution in [0.1, 0.15) is 46.6 Å². The van der Waals surface area contributed by atoms with E-state index in [-0.39, 0.29) is 36.1 Å². The molecule has 0 bridgehead atoms. The Morgan fingerprint density at radius 1 is 1.14 bits per heavy atom. The van der Waals surface area contributed by atoms with E-state index in [0.29, 0.717) is 6.42 Å². The fraction of sp³-hybridized carbons (Fsp3) is 0.654. The number of amides is 2. The lowest BCUT2D eigenvalue weighted by Crippen LogP contribution is -2.54. The largest absolute Gasteiger partial charge is 0.467 e. The van der Waals surface area contributed by atoms with Crippen LogP contribution in [0.25, 0.3) is 0 Å². The van der Waals surface area contributed by atoms with Crippen LogP contribution in [0.4, 0.5) is 4.79 Å². The van der Waals surface area contributed by atoms with Crippen LogP contribution in [0.15, 0.2) is 30.3 Å². The van der Waals surface area contributed by atoms with Crippen molar-refractivity contribution in [3.8, 4) is 0 Å². The zero-order valence-corrected chi connectivity index (χ0v) is 23.7. The molecule has 1 heterocycles. The number of esters is 1. The van der Waals surface area contributed by atoms with E-state index >= 15 is 0 Å². The molecule has 1 aromatic carbocycles. The Bertz CT molecular complexity index is 884. The quantitative estimate of drug-likeness (QED) is 0.383. The summed E-state index contributed by atoms with van der Waals surface area (Å²) in [5.74, 6) is -0.984. The molecule has 1 saturated heterocycles. The standard InChI is InChI=1S/C26H42N2O6Si/c1-18(2)22(27(6)25(31)33-17-19-13-11-10-12-14-19)23(29)28-16-20(15-21(28)24(30)32-7)34-35(8,9)26(3,4)5/h10-14,18,20-22H,15-17H2,1-9H3/t20-,21+,22+/m1/s1. The van der Waals surface area contributed by atoms with Crippen molar-refractivity contribution in [1.29, 1.82) is 0 Å². The monoisotopic (exact) mass is 506 g/mol. The van der Waals surface area contributed by atoms with Crippen LogP contribution in [0.2, 0.25) is 18.1 Å². The summed E-state index contributed by atoms with van der Waals surface area (Å²) in [6, 6.07) is 7.82. The second-order valence-electron chi connectivity index (χ2n) is 11.1. The number of likely N-dealkylation sites (N-methyl/N-ethyl adjacent to an activating group) is 1. The zero-order valence-electron chi connectivity index (χ0n) is 22.7. The number of nitrogens with zero attached hydrogens (tertiary/aromatic N) is 2. The van der Waals surface area contributed by atoms with Crippen molar-refractivity contribution in [3.63, 3.8) is 0 Å². The number of benzene rings is 1. The molecule has 8 nitrogen and oxygen atoms in total. The van der Waals surface area contributed by atoms with Gasteiger partial charge < -0.3 is 18.8 Å². The molecule has 0 radical (unpaired) electrons. The number of likely N-dealkylation sites (tertiary alicyclic amines) is 1. The first-order valence-electron chi connectivity index (χ1n) is 12.2. The molecule has 0 N–H and O–H groups in total. The maximum absolute atomic E-state index is 13.8. The van der Waals surface area contributed by atoms with Gasteiger partial charge in [0, 0.05) is 20.0 Å². The van der Waals surface area contributed by atoms with Crippen molar-refractivity contribution >= 4 is 26.3 Å². The lowest BCUT2D eigenvalue weighted by atomic mass is 10.0. The van der Waals surface area contributed by atoms with E-state index < -0.39 is 32.5 Å². The van der Waals surface area contributed by atoms with Gasteiger partial charge in [-0.25, -0.2) is 9.59 Å². The smallest absolute Gasteiger partial charge is 0.410 e. The molecule has 1 aliphatic rings. The summed E-state index contributed by atoms with van der Waals surface area (Å²) in [6.07, 6.45) is -0.492. The molecule has 35 heavy (non-hydrogen) atoms. The number of carbonyl (C=O) groups excluding carboxylic acids is 3. The topological polar surface area (TPSA) is 85.4 Å². The normalized spacial score (nSPS) is 19.4. The second-order valence-corrected chi connectivity index (χ2v) is 15.9. The fourth-order valence-corrected chi connectivity index (χ4v) is 5.44. The molecule has 2 rings (SSSR count). The van der Waals surface area contributed by atoms with E-state index in [2.05, 4.69) is 33.9 Å². The van der Waals surface area contributed by atoms with Gasteiger partial charge in [0.1, 0.15) is 18.7 Å². The molecule has 0 aromatic heterocycles. The van der Waals surface area contributed by atoms with E-state index in [1.165, 1.54) is 16.9 Å². The minimum atomic E-state index is -2.12. The molecule has 1 fully saturated rings. The average Bonchev–Trinajstić information content (AvgIpc) is 3.19. The second kappa shape index (κ2) is 11.6. The summed E-state index contributed by atoms with van der Waals surface area (Å²) in [4.78, 5) is 42.1. The van der Waals surface area contributed by atoms with Gasteiger partial charge in [-0.2, -0.15) is 0 Å². The van der Waals surface area contributed by atoms with Crippen molar-refractivity contribution in [2.45, 2.75) is 84.0 Å². The van der Waals surface area contributed by atoms with Crippen LogP contribution >= 0.6 is 0 Å². The molecule has 9 heteroatoms. The maximum Gasteiger partial charge on any atom is 0.410 e. The Morgan fingerprint density at radius 3 is 2.26 bits per heavy atom. The van der Waals surface area contributed by atoms with Gasteiger partial charge >= 0.3 is 12.1 Å². The highest BCUT2D eigenvalue weighted by Gasteiger charge is 2.48. The highest BCUT2D eigenvalue weighted by Crippen LogP contribution is 2.39. The SMILES string of the molecule is COC(=O)[C@@H]1C[C@@H](O[Si](C)(C)C(C)(C)C)CN1C(=O)[C@H](C(C)C)N(C)C(=O)OCc1ccccc1. The molecule has 1 aromatic rings. The molecule has 0 spiro atoms. The summed E-state index contributed by atoms with van der Waals surface area (Å²) in [5.41, 5.74) is 0.859. The van der Waals surface area contributed by atoms with Crippen LogP contribution in [-0.2, 0) is 30.1 Å². The lowest BCUT2D eigenvalue weighted by molar-refractivity contribution is -0.153. The summed E-state index contributed by atoms with van der Waals surface area (Å²) in [6.45, 7) is 14.9. The fourth-order valence-electron chi connectivity index (χ4n) is 4.08. The Balaban J connectivity index is 2.20. The number of carbonyl (C=O) groups is 3. The number of ether oxygens (including phenoxy) is 2. The molecule has 0 aliphatic carbocycles. The molecule has 0 unspecified atom stereocenters. The molecule has 196 valence electrons. The summed E-state index contributed by atoms with van der Waals surface area (Å²) >= 11 is 0. The van der Waals surface area contributed by atoms with Crippen LogP contribution in [-0.4, -0.2) is 75.0 Å². The van der Waals surface area contributed by atoms with Crippen molar-refractivity contribution in [1.82, 2.24) is 9.80 Å². The number of hydrogen-bond donors (Lipinski definition) is 0. The van der Waals surface area contributed by atoms with E-state index in [0.717, 1.165) is 5.56 Å². The minimum Gasteiger partial charge on any atom is -0.467 e. The summed E-state index contributed by atoms with van der Waals surface area (Å²) < 4.78 is 17.0. The molecule has 1 aliphatic heterocycles. The van der Waals surface area contributed by atoms with Crippen LogP contribution < -0.4 is 0 Å². The molecular weight excluding hydrogens is 464 g/mol. The Hall–Kier alpha value is -2.39. The maximum atomic E-state index is 13.8. The predicted molar refractivity (Wildman–Crippen MR) is 137 cm³/mol. The van der Waals surface area contributed by atoms with E-state index in [1.54, 1.807) is 7.05 Å². The number of rotatable bonds is 8. The van der Waals surface area contributed by atoms with Gasteiger partial charge in [-0.15, -0.1) is 0 Å². The van der Waals surface area contributed by atoms with Crippen molar-refractivity contribution < 1.29 is 28.3 Å². The summed E-state index contributed by atoms with van der Waals surface area (Å²) in [5, 5.41) is -0.00557. The van der Waals surface area contributed by atoms with Crippen molar-refractivity contribution in [2.75, 3.05) is 20.7 Å². The number of methoxy groups -OCH3 is 1. The van der Waals surface area contributed by atoms with Crippen LogP contribution in [0.5, 0.6) is 0 Å². The molecule has 0 saturated carbocycles. The zero-order chi connectivity index (χ0) is 26.6. The van der Waals surface area contributed by atoms with Crippen molar-refractivity contribution in [2.24, 2.45) is 5.92 Å². The van der Waals surface area contributed by atoms with Gasteiger partial charge in [0.25, 0.3) is 0 Å².